The van der Waals surface area contributed by atoms with Crippen LogP contribution >= 0.6 is 11.3 Å². The van der Waals surface area contributed by atoms with Crippen molar-refractivity contribution in [1.29, 1.82) is 5.26 Å². The molecule has 0 unspecified atom stereocenters. The Hall–Kier alpha value is -4.79. The van der Waals surface area contributed by atoms with Crippen molar-refractivity contribution in [2.75, 3.05) is 18.4 Å². The van der Waals surface area contributed by atoms with Crippen LogP contribution in [-0.4, -0.2) is 42.6 Å². The van der Waals surface area contributed by atoms with Crippen LogP contribution in [0, 0.1) is 11.3 Å². The van der Waals surface area contributed by atoms with Crippen LogP contribution in [-0.2, 0) is 6.54 Å². The van der Waals surface area contributed by atoms with Crippen LogP contribution in [0.25, 0.3) is 27.3 Å². The highest BCUT2D eigenvalue weighted by Crippen LogP contribution is 2.25. The van der Waals surface area contributed by atoms with Gasteiger partial charge in [0, 0.05) is 47.8 Å². The lowest BCUT2D eigenvalue weighted by Crippen LogP contribution is -2.25. The number of rotatable bonds is 6. The first-order chi connectivity index (χ1) is 18.7. The average Bonchev–Trinajstić information content (AvgIpc) is 3.51. The van der Waals surface area contributed by atoms with E-state index in [0.717, 1.165) is 25.2 Å². The molecule has 0 bridgehead atoms. The highest BCUT2D eigenvalue weighted by Gasteiger charge is 2.17. The Morgan fingerprint density at radius 1 is 1.11 bits per heavy atom. The minimum atomic E-state index is -0.458. The third kappa shape index (κ3) is 4.66. The summed E-state index contributed by atoms with van der Waals surface area (Å²) in [5, 5.41) is 19.3. The number of hydrogen-bond acceptors (Lipinski definition) is 10. The van der Waals surface area contributed by atoms with Gasteiger partial charge in [-0.05, 0) is 42.3 Å². The number of nitrogens with one attached hydrogen (secondary N) is 2. The predicted molar refractivity (Wildman–Crippen MR) is 146 cm³/mol. The topological polar surface area (TPSA) is 134 Å². The lowest BCUT2D eigenvalue weighted by Gasteiger charge is -2.15. The van der Waals surface area contributed by atoms with Crippen LogP contribution in [0.2, 0.25) is 0 Å². The number of nitriles is 1. The molecule has 38 heavy (non-hydrogen) atoms. The summed E-state index contributed by atoms with van der Waals surface area (Å²) >= 11 is 1.43. The normalized spacial score (nSPS) is 13.2. The molecule has 1 aliphatic rings. The van der Waals surface area contributed by atoms with Gasteiger partial charge in [-0.25, -0.2) is 9.97 Å². The van der Waals surface area contributed by atoms with E-state index in [1.165, 1.54) is 33.1 Å². The van der Waals surface area contributed by atoms with Crippen LogP contribution in [0.15, 0.2) is 71.4 Å². The summed E-state index contributed by atoms with van der Waals surface area (Å²) in [7, 11) is 0. The molecular weight excluding hydrogens is 498 g/mol. The van der Waals surface area contributed by atoms with Gasteiger partial charge >= 0.3 is 0 Å². The first kappa shape index (κ1) is 23.6. The van der Waals surface area contributed by atoms with Gasteiger partial charge in [0.15, 0.2) is 0 Å². The molecule has 11 heteroatoms. The fourth-order valence-electron chi connectivity index (χ4n) is 4.38. The second-order valence-corrected chi connectivity index (χ2v) is 9.50. The van der Waals surface area contributed by atoms with Gasteiger partial charge in [-0.15, -0.1) is 11.3 Å². The summed E-state index contributed by atoms with van der Waals surface area (Å²) in [4.78, 5) is 35.6. The van der Waals surface area contributed by atoms with Gasteiger partial charge in [0.05, 0.1) is 12.2 Å². The number of nitrogens with zero attached hydrogens (tertiary/aromatic N) is 7. The number of benzene rings is 1. The Labute approximate surface area is 221 Å². The largest absolute Gasteiger partial charge is 0.324 e. The summed E-state index contributed by atoms with van der Waals surface area (Å²) in [6.45, 7) is 1.93. The molecule has 1 aromatic carbocycles. The Bertz CT molecular complexity index is 1750. The van der Waals surface area contributed by atoms with Crippen molar-refractivity contribution < 1.29 is 0 Å². The fraction of sp³-hybridized carbons (Fsp3) is 0.148. The lowest BCUT2D eigenvalue weighted by molar-refractivity contribution is 0.738. The van der Waals surface area contributed by atoms with E-state index in [4.69, 9.17) is 0 Å². The quantitative estimate of drug-likeness (QED) is 0.344. The molecule has 1 aliphatic heterocycles. The smallest absolute Gasteiger partial charge is 0.270 e. The highest BCUT2D eigenvalue weighted by atomic mass is 32.1. The van der Waals surface area contributed by atoms with E-state index < -0.39 is 5.56 Å². The maximum absolute atomic E-state index is 13.3. The molecule has 0 atom stereocenters. The molecule has 0 fully saturated rings. The van der Waals surface area contributed by atoms with Crippen molar-refractivity contribution in [2.45, 2.75) is 13.0 Å². The molecule has 6 rings (SSSR count). The predicted octanol–water partition coefficient (Wildman–Crippen LogP) is 3.75. The van der Waals surface area contributed by atoms with Gasteiger partial charge in [-0.2, -0.15) is 10.2 Å². The molecule has 2 N–H and O–H groups in total. The number of pyridine rings is 1. The van der Waals surface area contributed by atoms with Crippen LogP contribution in [0.5, 0.6) is 0 Å². The number of fused-ring (bicyclic) bond motifs is 1. The number of hydrogen-bond donors (Lipinski definition) is 2. The average molecular weight is 520 g/mol. The zero-order chi connectivity index (χ0) is 25.9. The molecule has 0 saturated heterocycles. The van der Waals surface area contributed by atoms with Crippen molar-refractivity contribution in [1.82, 2.24) is 34.8 Å². The third-order valence-corrected chi connectivity index (χ3v) is 7.02. The van der Waals surface area contributed by atoms with Gasteiger partial charge in [0.1, 0.15) is 28.0 Å². The van der Waals surface area contributed by atoms with Crippen LogP contribution in [0.3, 0.4) is 0 Å². The van der Waals surface area contributed by atoms with Crippen molar-refractivity contribution in [2.24, 2.45) is 0 Å². The first-order valence-electron chi connectivity index (χ1n) is 12.0. The van der Waals surface area contributed by atoms with E-state index >= 15 is 0 Å². The van der Waals surface area contributed by atoms with E-state index in [2.05, 4.69) is 53.8 Å². The number of thiazole rings is 1. The van der Waals surface area contributed by atoms with E-state index in [1.807, 2.05) is 23.6 Å². The van der Waals surface area contributed by atoms with Crippen molar-refractivity contribution in [3.63, 3.8) is 0 Å². The molecule has 0 spiro atoms. The summed E-state index contributed by atoms with van der Waals surface area (Å²) in [6, 6.07) is 11.6. The highest BCUT2D eigenvalue weighted by molar-refractivity contribution is 7.13. The maximum Gasteiger partial charge on any atom is 0.270 e. The molecule has 0 aliphatic carbocycles. The molecule has 0 saturated carbocycles. The van der Waals surface area contributed by atoms with E-state index in [0.29, 0.717) is 33.4 Å². The Morgan fingerprint density at radius 2 is 1.97 bits per heavy atom. The third-order valence-electron chi connectivity index (χ3n) is 6.24. The molecule has 10 nitrogen and oxygen atoms in total. The zero-order valence-corrected chi connectivity index (χ0v) is 20.9. The number of aromatic nitrogens is 6. The Morgan fingerprint density at radius 3 is 2.74 bits per heavy atom. The molecule has 5 heterocycles. The van der Waals surface area contributed by atoms with Crippen molar-refractivity contribution in [3.05, 3.63) is 93.7 Å². The van der Waals surface area contributed by atoms with Crippen LogP contribution < -0.4 is 16.2 Å². The van der Waals surface area contributed by atoms with Gasteiger partial charge in [-0.3, -0.25) is 19.3 Å². The molecular formula is C27H21N9OS. The minimum absolute atomic E-state index is 0.00399. The van der Waals surface area contributed by atoms with E-state index in [-0.39, 0.29) is 12.1 Å². The van der Waals surface area contributed by atoms with Gasteiger partial charge < -0.3 is 10.6 Å². The zero-order valence-electron chi connectivity index (χ0n) is 20.1. The van der Waals surface area contributed by atoms with E-state index in [1.54, 1.807) is 24.8 Å². The lowest BCUT2D eigenvalue weighted by atomic mass is 10.0. The molecule has 5 aromatic rings. The van der Waals surface area contributed by atoms with Crippen LogP contribution in [0.4, 0.5) is 11.6 Å². The van der Waals surface area contributed by atoms with E-state index in [9.17, 15) is 10.1 Å². The molecule has 186 valence electrons. The van der Waals surface area contributed by atoms with Gasteiger partial charge in [0.2, 0.25) is 5.95 Å². The number of anilines is 2. The van der Waals surface area contributed by atoms with Crippen LogP contribution in [0.1, 0.15) is 23.2 Å². The fourth-order valence-corrected chi connectivity index (χ4v) is 5.03. The standard InChI is InChI=1S/C27H21N9OS/c28-14-19-13-20-15-33-27(34-21-3-1-17(2-4-21)18-5-7-29-8-6-18)35-24(20)36(26(19)37)16-22-23(31-10-9-30-22)25-32-11-12-38-25/h1-5,9-13,15,29H,6-8,16H2,(H,33,34,35). The van der Waals surface area contributed by atoms with Gasteiger partial charge in [-0.1, -0.05) is 18.2 Å². The SMILES string of the molecule is N#Cc1cc2cnc(Nc3ccc(C4=CCNCC4)cc3)nc2n(Cc2nccnc2-c2nccs2)c1=O. The molecule has 4 aromatic heterocycles. The minimum Gasteiger partial charge on any atom is -0.324 e. The summed E-state index contributed by atoms with van der Waals surface area (Å²) in [5.74, 6) is 0.337. The second kappa shape index (κ2) is 10.3. The summed E-state index contributed by atoms with van der Waals surface area (Å²) < 4.78 is 1.44. The second-order valence-electron chi connectivity index (χ2n) is 8.61. The first-order valence-corrected chi connectivity index (χ1v) is 12.9. The summed E-state index contributed by atoms with van der Waals surface area (Å²) in [5.41, 5.74) is 4.41. The van der Waals surface area contributed by atoms with Gasteiger partial charge in [0.25, 0.3) is 5.56 Å². The molecule has 0 amide bonds. The van der Waals surface area contributed by atoms with Crippen molar-refractivity contribution in [3.8, 4) is 16.8 Å². The Balaban J connectivity index is 1.37. The monoisotopic (exact) mass is 519 g/mol. The summed E-state index contributed by atoms with van der Waals surface area (Å²) in [6.07, 6.45) is 9.66. The molecule has 0 radical (unpaired) electrons. The van der Waals surface area contributed by atoms with Crippen molar-refractivity contribution >= 4 is 39.6 Å². The maximum atomic E-state index is 13.3. The Kier molecular flexibility index (Phi) is 6.39.